The van der Waals surface area contributed by atoms with Crippen molar-refractivity contribution in [3.8, 4) is 11.5 Å². The van der Waals surface area contributed by atoms with E-state index in [0.29, 0.717) is 18.8 Å². The molecule has 0 atom stereocenters. The van der Waals surface area contributed by atoms with Crippen molar-refractivity contribution in [1.82, 2.24) is 4.90 Å². The van der Waals surface area contributed by atoms with E-state index in [0.717, 1.165) is 0 Å². The van der Waals surface area contributed by atoms with Gasteiger partial charge in [-0.15, -0.1) is 0 Å². The van der Waals surface area contributed by atoms with Crippen LogP contribution < -0.4 is 10.5 Å². The summed E-state index contributed by atoms with van der Waals surface area (Å²) < 4.78 is 5.78. The van der Waals surface area contributed by atoms with Crippen LogP contribution >= 0.6 is 0 Å². The molecule has 7 nitrogen and oxygen atoms in total. The lowest BCUT2D eigenvalue weighted by atomic mass is 9.93. The molecule has 0 aliphatic rings. The van der Waals surface area contributed by atoms with E-state index in [1.807, 2.05) is 19.9 Å². The zero-order valence-corrected chi connectivity index (χ0v) is 15.1. The van der Waals surface area contributed by atoms with Crippen LogP contribution in [-0.4, -0.2) is 35.9 Å². The number of carbonyl (C=O) groups excluding carboxylic acids is 1. The zero-order valence-electron chi connectivity index (χ0n) is 15.1. The third-order valence-corrected chi connectivity index (χ3v) is 3.94. The molecule has 2 aromatic rings. The molecule has 0 bridgehead atoms. The van der Waals surface area contributed by atoms with Gasteiger partial charge in [-0.1, -0.05) is 32.0 Å². The van der Waals surface area contributed by atoms with Crippen molar-refractivity contribution >= 4 is 11.6 Å². The maximum Gasteiger partial charge on any atom is 0.270 e. The van der Waals surface area contributed by atoms with E-state index in [1.165, 1.54) is 23.1 Å². The quantitative estimate of drug-likeness (QED) is 0.604. The molecular formula is C19H23N3O4. The summed E-state index contributed by atoms with van der Waals surface area (Å²) in [5.74, 6) is 0.450. The van der Waals surface area contributed by atoms with E-state index in [9.17, 15) is 14.9 Å². The number of nitro groups is 1. The Morgan fingerprint density at radius 2 is 1.88 bits per heavy atom. The molecule has 2 rings (SSSR count). The zero-order chi connectivity index (χ0) is 19.3. The first kappa shape index (κ1) is 19.4. The van der Waals surface area contributed by atoms with Gasteiger partial charge in [-0.3, -0.25) is 14.9 Å². The summed E-state index contributed by atoms with van der Waals surface area (Å²) >= 11 is 0. The van der Waals surface area contributed by atoms with Crippen LogP contribution in [0.25, 0.3) is 0 Å². The molecule has 0 fully saturated rings. The van der Waals surface area contributed by atoms with Crippen LogP contribution in [0.4, 0.5) is 5.69 Å². The number of non-ortho nitro benzene ring substituents is 1. The van der Waals surface area contributed by atoms with Gasteiger partial charge in [-0.25, -0.2) is 0 Å². The molecular weight excluding hydrogens is 334 g/mol. The van der Waals surface area contributed by atoms with E-state index in [4.69, 9.17) is 10.5 Å². The number of hydrogen-bond acceptors (Lipinski definition) is 5. The van der Waals surface area contributed by atoms with E-state index in [1.54, 1.807) is 31.3 Å². The van der Waals surface area contributed by atoms with Crippen molar-refractivity contribution < 1.29 is 14.5 Å². The van der Waals surface area contributed by atoms with Gasteiger partial charge in [-0.2, -0.15) is 0 Å². The van der Waals surface area contributed by atoms with Gasteiger partial charge in [0, 0.05) is 25.7 Å². The summed E-state index contributed by atoms with van der Waals surface area (Å²) in [5.41, 5.74) is 5.44. The van der Waals surface area contributed by atoms with E-state index in [-0.39, 0.29) is 28.3 Å². The summed E-state index contributed by atoms with van der Waals surface area (Å²) in [7, 11) is 1.64. The Morgan fingerprint density at radius 1 is 1.23 bits per heavy atom. The largest absolute Gasteiger partial charge is 0.457 e. The normalized spacial score (nSPS) is 11.1. The van der Waals surface area contributed by atoms with Crippen LogP contribution in [0.1, 0.15) is 24.2 Å². The fraction of sp³-hybridized carbons (Fsp3) is 0.316. The second-order valence-corrected chi connectivity index (χ2v) is 6.88. The fourth-order valence-electron chi connectivity index (χ4n) is 2.49. The van der Waals surface area contributed by atoms with E-state index in [2.05, 4.69) is 0 Å². The lowest BCUT2D eigenvalue weighted by molar-refractivity contribution is -0.384. The van der Waals surface area contributed by atoms with Crippen LogP contribution in [0.15, 0.2) is 48.5 Å². The van der Waals surface area contributed by atoms with Gasteiger partial charge in [0.1, 0.15) is 11.5 Å². The molecule has 0 radical (unpaired) electrons. The Hall–Kier alpha value is -2.93. The number of amides is 1. The molecule has 0 saturated heterocycles. The molecule has 2 aromatic carbocycles. The summed E-state index contributed by atoms with van der Waals surface area (Å²) in [4.78, 5) is 25.0. The molecule has 0 aromatic heterocycles. The van der Waals surface area contributed by atoms with Crippen molar-refractivity contribution in [3.05, 3.63) is 64.2 Å². The number of hydrogen-bond donors (Lipinski definition) is 1. The fourth-order valence-corrected chi connectivity index (χ4v) is 2.49. The maximum absolute atomic E-state index is 12.9. The first-order valence-corrected chi connectivity index (χ1v) is 8.20. The molecule has 0 saturated carbocycles. The topological polar surface area (TPSA) is 98.7 Å². The van der Waals surface area contributed by atoms with Crippen LogP contribution in [0.2, 0.25) is 0 Å². The number of carbonyl (C=O) groups is 1. The minimum Gasteiger partial charge on any atom is -0.457 e. The molecule has 0 heterocycles. The van der Waals surface area contributed by atoms with Crippen molar-refractivity contribution in [2.45, 2.75) is 13.8 Å². The van der Waals surface area contributed by atoms with Gasteiger partial charge in [0.05, 0.1) is 10.5 Å². The van der Waals surface area contributed by atoms with Crippen molar-refractivity contribution in [1.29, 1.82) is 0 Å². The SMILES string of the molecule is CN(CC(C)(C)CN)C(=O)c1cc([N+](=O)[O-])ccc1Oc1ccccc1. The predicted molar refractivity (Wildman–Crippen MR) is 99.4 cm³/mol. The average Bonchev–Trinajstić information content (AvgIpc) is 2.61. The monoisotopic (exact) mass is 357 g/mol. The van der Waals surface area contributed by atoms with Gasteiger partial charge < -0.3 is 15.4 Å². The van der Waals surface area contributed by atoms with Gasteiger partial charge in [0.15, 0.2) is 0 Å². The Labute approximate surface area is 152 Å². The second-order valence-electron chi connectivity index (χ2n) is 6.88. The Balaban J connectivity index is 2.38. The second kappa shape index (κ2) is 7.97. The Bertz CT molecular complexity index is 791. The minimum absolute atomic E-state index is 0.137. The summed E-state index contributed by atoms with van der Waals surface area (Å²) in [6, 6.07) is 13.0. The molecule has 0 unspecified atom stereocenters. The number of para-hydroxylation sites is 1. The van der Waals surface area contributed by atoms with Crippen LogP contribution in [0, 0.1) is 15.5 Å². The van der Waals surface area contributed by atoms with Gasteiger partial charge in [0.25, 0.3) is 11.6 Å². The Morgan fingerprint density at radius 3 is 2.46 bits per heavy atom. The van der Waals surface area contributed by atoms with Crippen LogP contribution in [0.5, 0.6) is 11.5 Å². The molecule has 0 spiro atoms. The third kappa shape index (κ3) is 4.80. The molecule has 138 valence electrons. The van der Waals surface area contributed by atoms with E-state index >= 15 is 0 Å². The van der Waals surface area contributed by atoms with Crippen LogP contribution in [-0.2, 0) is 0 Å². The van der Waals surface area contributed by atoms with Gasteiger partial charge >= 0.3 is 0 Å². The highest BCUT2D eigenvalue weighted by atomic mass is 16.6. The highest BCUT2D eigenvalue weighted by molar-refractivity contribution is 5.97. The lowest BCUT2D eigenvalue weighted by Gasteiger charge is -2.29. The van der Waals surface area contributed by atoms with Crippen molar-refractivity contribution in [3.63, 3.8) is 0 Å². The molecule has 0 aliphatic heterocycles. The van der Waals surface area contributed by atoms with E-state index < -0.39 is 4.92 Å². The first-order valence-electron chi connectivity index (χ1n) is 8.20. The number of rotatable bonds is 7. The van der Waals surface area contributed by atoms with Gasteiger partial charge in [-0.05, 0) is 30.2 Å². The molecule has 26 heavy (non-hydrogen) atoms. The maximum atomic E-state index is 12.9. The van der Waals surface area contributed by atoms with Crippen molar-refractivity contribution in [2.24, 2.45) is 11.1 Å². The smallest absolute Gasteiger partial charge is 0.270 e. The number of ether oxygens (including phenoxy) is 1. The summed E-state index contributed by atoms with van der Waals surface area (Å²) in [6.07, 6.45) is 0. The van der Waals surface area contributed by atoms with Crippen molar-refractivity contribution in [2.75, 3.05) is 20.1 Å². The highest BCUT2D eigenvalue weighted by Crippen LogP contribution is 2.30. The number of benzene rings is 2. The average molecular weight is 357 g/mol. The Kier molecular flexibility index (Phi) is 5.94. The summed E-state index contributed by atoms with van der Waals surface area (Å²) in [6.45, 7) is 4.72. The first-order chi connectivity index (χ1) is 12.2. The summed E-state index contributed by atoms with van der Waals surface area (Å²) in [5, 5.41) is 11.1. The predicted octanol–water partition coefficient (Wildman–Crippen LogP) is 3.44. The van der Waals surface area contributed by atoms with Crippen LogP contribution in [0.3, 0.4) is 0 Å². The number of nitrogens with zero attached hydrogens (tertiary/aromatic N) is 2. The highest BCUT2D eigenvalue weighted by Gasteiger charge is 2.25. The minimum atomic E-state index is -0.535. The standard InChI is InChI=1S/C19H23N3O4/c1-19(2,12-20)13-21(3)18(23)16-11-14(22(24)25)9-10-17(16)26-15-7-5-4-6-8-15/h4-11H,12-13,20H2,1-3H3. The lowest BCUT2D eigenvalue weighted by Crippen LogP contribution is -2.39. The molecule has 7 heteroatoms. The third-order valence-electron chi connectivity index (χ3n) is 3.94. The van der Waals surface area contributed by atoms with Gasteiger partial charge in [0.2, 0.25) is 0 Å². The number of nitro benzene ring substituents is 1. The number of nitrogens with two attached hydrogens (primary N) is 1. The molecule has 1 amide bonds. The molecule has 2 N–H and O–H groups in total. The molecule has 0 aliphatic carbocycles.